The third kappa shape index (κ3) is 5.87. The molecular weight excluding hydrogens is 502 g/mol. The van der Waals surface area contributed by atoms with Gasteiger partial charge < -0.3 is 15.3 Å². The van der Waals surface area contributed by atoms with E-state index in [0.717, 1.165) is 31.5 Å². The summed E-state index contributed by atoms with van der Waals surface area (Å²) < 4.78 is 53.7. The molecule has 200 valence electrons. The van der Waals surface area contributed by atoms with Crippen LogP contribution in [0.2, 0.25) is 0 Å². The van der Waals surface area contributed by atoms with Crippen LogP contribution in [0.15, 0.2) is 30.3 Å². The summed E-state index contributed by atoms with van der Waals surface area (Å²) in [6.07, 6.45) is 4.00. The van der Waals surface area contributed by atoms with Gasteiger partial charge in [0.15, 0.2) is 0 Å². The predicted octanol–water partition coefficient (Wildman–Crippen LogP) is 4.27. The van der Waals surface area contributed by atoms with Gasteiger partial charge in [-0.15, -0.1) is 0 Å². The molecule has 1 aromatic carbocycles. The van der Waals surface area contributed by atoms with Crippen LogP contribution in [0.3, 0.4) is 0 Å². The molecule has 0 radical (unpaired) electrons. The Kier molecular flexibility index (Phi) is 6.64. The monoisotopic (exact) mass is 534 g/mol. The number of hydrogen-bond donors (Lipinski definition) is 3. The van der Waals surface area contributed by atoms with E-state index in [1.165, 1.54) is 18.9 Å². The number of rotatable bonds is 8. The lowest BCUT2D eigenvalue weighted by Crippen LogP contribution is -2.36. The minimum absolute atomic E-state index is 0.245. The Labute approximate surface area is 215 Å². The maximum Gasteiger partial charge on any atom is 0.258 e. The number of nitrogens with zero attached hydrogens (tertiary/aromatic N) is 2. The zero-order chi connectivity index (χ0) is 26.4. The highest BCUT2D eigenvalue weighted by Gasteiger charge is 2.47. The number of benzene rings is 1. The molecule has 0 unspecified atom stereocenters. The number of aromatic nitrogens is 1. The normalized spacial score (nSPS) is 20.4. The minimum Gasteiger partial charge on any atom is -0.395 e. The quantitative estimate of drug-likeness (QED) is 0.467. The van der Waals surface area contributed by atoms with Crippen molar-refractivity contribution in [2.24, 2.45) is 5.41 Å². The highest BCUT2D eigenvalue weighted by molar-refractivity contribution is 7.92. The Hall–Kier alpha value is -2.79. The third-order valence-electron chi connectivity index (χ3n) is 7.74. The first-order chi connectivity index (χ1) is 17.5. The van der Waals surface area contributed by atoms with E-state index in [-0.39, 0.29) is 18.8 Å². The molecule has 2 aromatic rings. The van der Waals surface area contributed by atoms with E-state index >= 15 is 0 Å². The number of aryl methyl sites for hydroxylation is 1. The molecule has 3 fully saturated rings. The molecule has 1 saturated heterocycles. The van der Waals surface area contributed by atoms with Crippen molar-refractivity contribution in [1.82, 2.24) is 4.98 Å². The summed E-state index contributed by atoms with van der Waals surface area (Å²) >= 11 is 0. The van der Waals surface area contributed by atoms with Crippen molar-refractivity contribution in [2.75, 3.05) is 40.4 Å². The lowest BCUT2D eigenvalue weighted by Gasteiger charge is -2.35. The summed E-state index contributed by atoms with van der Waals surface area (Å²) in [6, 6.07) is 8.22. The summed E-state index contributed by atoms with van der Waals surface area (Å²) in [5, 5.41) is 11.9. The minimum atomic E-state index is -3.73. The zero-order valence-electron chi connectivity index (χ0n) is 20.8. The fraction of sp³-hybridized carbons (Fsp3) is 0.538. The number of carbonyl (C=O) groups is 1. The van der Waals surface area contributed by atoms with Crippen molar-refractivity contribution < 1.29 is 27.1 Å². The van der Waals surface area contributed by atoms with E-state index in [9.17, 15) is 22.0 Å². The molecule has 2 aliphatic carbocycles. The molecule has 5 rings (SSSR count). The van der Waals surface area contributed by atoms with E-state index in [0.29, 0.717) is 33.9 Å². The Morgan fingerprint density at radius 1 is 1.14 bits per heavy atom. The lowest BCUT2D eigenvalue weighted by molar-refractivity contribution is -0.0876. The number of sulfonamides is 1. The molecule has 11 heteroatoms. The van der Waals surface area contributed by atoms with Gasteiger partial charge in [-0.1, -0.05) is 0 Å². The largest absolute Gasteiger partial charge is 0.395 e. The molecule has 0 atom stereocenters. The fourth-order valence-corrected chi connectivity index (χ4v) is 6.15. The molecule has 8 nitrogen and oxygen atoms in total. The number of carbonyl (C=O) groups excluding carboxylic acids is 1. The van der Waals surface area contributed by atoms with Gasteiger partial charge in [-0.2, -0.15) is 0 Å². The number of aliphatic hydroxyl groups is 1. The average Bonchev–Trinajstić information content (AvgIpc) is 3.55. The van der Waals surface area contributed by atoms with Crippen LogP contribution in [-0.4, -0.2) is 55.8 Å². The van der Waals surface area contributed by atoms with Gasteiger partial charge in [-0.3, -0.25) is 9.52 Å². The molecule has 3 N–H and O–H groups in total. The molecule has 3 aliphatic rings. The first-order valence-electron chi connectivity index (χ1n) is 12.6. The van der Waals surface area contributed by atoms with Crippen molar-refractivity contribution in [3.8, 4) is 0 Å². The third-order valence-corrected chi connectivity index (χ3v) is 9.00. The van der Waals surface area contributed by atoms with Crippen LogP contribution >= 0.6 is 0 Å². The molecule has 2 heterocycles. The smallest absolute Gasteiger partial charge is 0.258 e. The van der Waals surface area contributed by atoms with Crippen LogP contribution in [0.25, 0.3) is 0 Å². The summed E-state index contributed by atoms with van der Waals surface area (Å²) in [6.45, 7) is 2.85. The number of aliphatic hydroxyl groups excluding tert-OH is 1. The van der Waals surface area contributed by atoms with Gasteiger partial charge in [-0.05, 0) is 73.9 Å². The zero-order valence-corrected chi connectivity index (χ0v) is 21.6. The number of halogens is 2. The van der Waals surface area contributed by atoms with E-state index in [1.54, 1.807) is 24.3 Å². The van der Waals surface area contributed by atoms with E-state index in [2.05, 4.69) is 19.9 Å². The van der Waals surface area contributed by atoms with Crippen LogP contribution in [0.5, 0.6) is 0 Å². The van der Waals surface area contributed by atoms with Gasteiger partial charge in [0.2, 0.25) is 15.9 Å². The summed E-state index contributed by atoms with van der Waals surface area (Å²) in [5.41, 5.74) is 3.07. The molecule has 1 aliphatic heterocycles. The van der Waals surface area contributed by atoms with Crippen LogP contribution in [-0.2, 0) is 10.0 Å². The second-order valence-electron chi connectivity index (χ2n) is 10.7. The average molecular weight is 535 g/mol. The topological polar surface area (TPSA) is 112 Å². The van der Waals surface area contributed by atoms with Gasteiger partial charge in [0.1, 0.15) is 5.82 Å². The first kappa shape index (κ1) is 25.8. The molecule has 1 spiro atoms. The standard InChI is InChI=1S/C26H32F2N4O4S/c1-17-12-21(18-15-26(27,28)16-18)29-23(13-17)30-24(34)20-3-2-19(31-37(35,36)11-10-33)14-22(20)32-8-6-25(4-5-25)7-9-32/h2-3,12-14,18,31,33H,4-11,15-16H2,1H3,(H,29,30,34). The molecule has 2 saturated carbocycles. The number of anilines is 3. The number of amides is 1. The van der Waals surface area contributed by atoms with Crippen molar-refractivity contribution >= 4 is 33.1 Å². The number of pyridine rings is 1. The Morgan fingerprint density at radius 2 is 1.84 bits per heavy atom. The number of alkyl halides is 2. The fourth-order valence-electron chi connectivity index (χ4n) is 5.32. The first-order valence-corrected chi connectivity index (χ1v) is 14.3. The highest BCUT2D eigenvalue weighted by Crippen LogP contribution is 2.54. The Morgan fingerprint density at radius 3 is 2.46 bits per heavy atom. The van der Waals surface area contributed by atoms with Crippen molar-refractivity contribution in [2.45, 2.75) is 57.3 Å². The van der Waals surface area contributed by atoms with Crippen molar-refractivity contribution in [3.05, 3.63) is 47.2 Å². The van der Waals surface area contributed by atoms with Gasteiger partial charge in [-0.25, -0.2) is 22.2 Å². The SMILES string of the molecule is Cc1cc(NC(=O)c2ccc(NS(=O)(=O)CCO)cc2N2CCC3(CC2)CC3)nc(C2CC(F)(F)C2)c1. The molecule has 1 aromatic heterocycles. The summed E-state index contributed by atoms with van der Waals surface area (Å²) in [4.78, 5) is 20.0. The second-order valence-corrected chi connectivity index (χ2v) is 12.6. The lowest BCUT2D eigenvalue weighted by atomic mass is 9.79. The van der Waals surface area contributed by atoms with Gasteiger partial charge in [0, 0.05) is 37.5 Å². The number of hydrogen-bond acceptors (Lipinski definition) is 6. The molecular formula is C26H32F2N4O4S. The highest BCUT2D eigenvalue weighted by atomic mass is 32.2. The predicted molar refractivity (Wildman–Crippen MR) is 138 cm³/mol. The number of piperidine rings is 1. The molecule has 37 heavy (non-hydrogen) atoms. The van der Waals surface area contributed by atoms with Crippen LogP contribution in [0.4, 0.5) is 26.0 Å². The van der Waals surface area contributed by atoms with E-state index < -0.39 is 34.2 Å². The Bertz CT molecular complexity index is 1300. The maximum absolute atomic E-state index is 13.4. The van der Waals surface area contributed by atoms with Crippen molar-refractivity contribution in [3.63, 3.8) is 0 Å². The Balaban J connectivity index is 1.40. The van der Waals surface area contributed by atoms with Gasteiger partial charge in [0.05, 0.1) is 29.3 Å². The van der Waals surface area contributed by atoms with Crippen LogP contribution < -0.4 is 14.9 Å². The van der Waals surface area contributed by atoms with E-state index in [4.69, 9.17) is 5.11 Å². The van der Waals surface area contributed by atoms with Crippen LogP contribution in [0.1, 0.15) is 66.1 Å². The summed E-state index contributed by atoms with van der Waals surface area (Å²) in [5.74, 6) is -3.54. The van der Waals surface area contributed by atoms with Gasteiger partial charge >= 0.3 is 0 Å². The second kappa shape index (κ2) is 9.50. The molecule has 1 amide bonds. The van der Waals surface area contributed by atoms with Crippen molar-refractivity contribution in [1.29, 1.82) is 0 Å². The molecule has 0 bridgehead atoms. The van der Waals surface area contributed by atoms with Gasteiger partial charge in [0.25, 0.3) is 5.91 Å². The van der Waals surface area contributed by atoms with E-state index in [1.807, 2.05) is 6.92 Å². The number of nitrogens with one attached hydrogen (secondary N) is 2. The van der Waals surface area contributed by atoms with Crippen LogP contribution in [0, 0.1) is 12.3 Å². The maximum atomic E-state index is 13.4. The summed E-state index contributed by atoms with van der Waals surface area (Å²) in [7, 11) is -3.73.